The molecule has 8 nitrogen and oxygen atoms in total. The van der Waals surface area contributed by atoms with E-state index in [0.29, 0.717) is 23.4 Å². The molecule has 8 heteroatoms. The Bertz CT molecular complexity index is 1150. The summed E-state index contributed by atoms with van der Waals surface area (Å²) < 4.78 is 1.92. The maximum absolute atomic E-state index is 12.3. The molecule has 1 unspecified atom stereocenters. The fraction of sp³-hybridized carbons (Fsp3) is 0.250. The summed E-state index contributed by atoms with van der Waals surface area (Å²) >= 11 is 0. The summed E-state index contributed by atoms with van der Waals surface area (Å²) in [5.74, 6) is -0.246. The highest BCUT2D eigenvalue weighted by atomic mass is 16.6. The first-order valence-corrected chi connectivity index (χ1v) is 10.2. The highest BCUT2D eigenvalue weighted by Crippen LogP contribution is 2.12. The zero-order valence-electron chi connectivity index (χ0n) is 18.6. The minimum absolute atomic E-state index is 0.0386. The van der Waals surface area contributed by atoms with Crippen molar-refractivity contribution in [2.24, 2.45) is 10.9 Å². The van der Waals surface area contributed by atoms with E-state index < -0.39 is 6.10 Å². The number of amides is 1. The number of anilines is 1. The van der Waals surface area contributed by atoms with Gasteiger partial charge in [0, 0.05) is 22.5 Å². The number of oxime groups is 1. The van der Waals surface area contributed by atoms with E-state index >= 15 is 0 Å². The Kier molecular flexibility index (Phi) is 7.04. The highest BCUT2D eigenvalue weighted by molar-refractivity contribution is 5.98. The molecule has 3 N–H and O–H groups in total. The topological polar surface area (TPSA) is 112 Å². The van der Waals surface area contributed by atoms with Crippen LogP contribution in [0, 0.1) is 13.8 Å². The highest BCUT2D eigenvalue weighted by Gasteiger charge is 2.15. The van der Waals surface area contributed by atoms with Gasteiger partial charge in [-0.2, -0.15) is 5.10 Å². The van der Waals surface area contributed by atoms with Crippen molar-refractivity contribution < 1.29 is 14.4 Å². The van der Waals surface area contributed by atoms with E-state index in [4.69, 9.17) is 10.6 Å². The quantitative estimate of drug-likeness (QED) is 0.245. The lowest BCUT2D eigenvalue weighted by Gasteiger charge is -2.12. The Morgan fingerprint density at radius 3 is 2.47 bits per heavy atom. The second-order valence-corrected chi connectivity index (χ2v) is 7.63. The number of rotatable bonds is 8. The molecule has 1 heterocycles. The van der Waals surface area contributed by atoms with Gasteiger partial charge in [0.15, 0.2) is 11.6 Å². The van der Waals surface area contributed by atoms with Crippen molar-refractivity contribution in [3.05, 3.63) is 82.7 Å². The summed E-state index contributed by atoms with van der Waals surface area (Å²) in [6.45, 7) is 7.65. The number of benzene rings is 2. The molecule has 0 spiro atoms. The number of carbonyl (C=O) groups excluding carboxylic acids is 2. The second-order valence-electron chi connectivity index (χ2n) is 7.63. The standard InChI is InChI=1S/C24H27N5O3/c1-15-12-16(2)29(27-15)14-19-6-5-7-21(13-19)23(25)28-32-18(4)24(31)26-22-10-8-20(9-11-22)17(3)30/h5-13,18H,14H2,1-4H3,(H2,25,28)(H,26,31). The molecule has 3 aromatic rings. The molecule has 166 valence electrons. The van der Waals surface area contributed by atoms with Crippen molar-refractivity contribution in [2.45, 2.75) is 40.3 Å². The number of hydrogen-bond donors (Lipinski definition) is 2. The molecule has 0 radical (unpaired) electrons. The van der Waals surface area contributed by atoms with Gasteiger partial charge in [0.25, 0.3) is 5.91 Å². The zero-order valence-corrected chi connectivity index (χ0v) is 18.6. The first kappa shape index (κ1) is 22.7. The number of Topliss-reactive ketones (excluding diaryl/α,β-unsaturated/α-hetero) is 1. The summed E-state index contributed by atoms with van der Waals surface area (Å²) in [6, 6.07) is 16.3. The van der Waals surface area contributed by atoms with Crippen LogP contribution in [0.15, 0.2) is 59.8 Å². The Balaban J connectivity index is 1.61. The molecular weight excluding hydrogens is 406 g/mol. The van der Waals surface area contributed by atoms with Crippen LogP contribution in [0.4, 0.5) is 5.69 Å². The van der Waals surface area contributed by atoms with Crippen LogP contribution >= 0.6 is 0 Å². The van der Waals surface area contributed by atoms with Crippen molar-refractivity contribution in [1.29, 1.82) is 0 Å². The number of aromatic nitrogens is 2. The summed E-state index contributed by atoms with van der Waals surface area (Å²) in [6.07, 6.45) is -0.862. The molecular formula is C24H27N5O3. The monoisotopic (exact) mass is 433 g/mol. The number of ketones is 1. The normalized spacial score (nSPS) is 12.3. The van der Waals surface area contributed by atoms with Crippen LogP contribution in [-0.2, 0) is 16.2 Å². The Labute approximate surface area is 187 Å². The number of amidine groups is 1. The lowest BCUT2D eigenvalue weighted by Crippen LogP contribution is -2.27. The molecule has 2 aromatic carbocycles. The molecule has 0 saturated carbocycles. The van der Waals surface area contributed by atoms with Gasteiger partial charge in [0.05, 0.1) is 12.2 Å². The molecule has 1 atom stereocenters. The third-order valence-corrected chi connectivity index (χ3v) is 4.90. The lowest BCUT2D eigenvalue weighted by atomic mass is 10.1. The minimum Gasteiger partial charge on any atom is -0.381 e. The van der Waals surface area contributed by atoms with Crippen molar-refractivity contribution in [1.82, 2.24) is 9.78 Å². The van der Waals surface area contributed by atoms with Crippen LogP contribution in [0.3, 0.4) is 0 Å². The smallest absolute Gasteiger partial charge is 0.267 e. The number of nitrogens with zero attached hydrogens (tertiary/aromatic N) is 3. The molecule has 0 aliphatic rings. The number of nitrogens with two attached hydrogens (primary N) is 1. The summed E-state index contributed by atoms with van der Waals surface area (Å²) in [5, 5.41) is 11.1. The average molecular weight is 434 g/mol. The molecule has 1 aromatic heterocycles. The molecule has 0 fully saturated rings. The van der Waals surface area contributed by atoms with E-state index in [1.54, 1.807) is 31.2 Å². The van der Waals surface area contributed by atoms with E-state index in [0.717, 1.165) is 17.0 Å². The SMILES string of the molecule is CC(=O)c1ccc(NC(=O)C(C)ON=C(N)c2cccc(Cn3nc(C)cc3C)c2)cc1. The minimum atomic E-state index is -0.862. The first-order chi connectivity index (χ1) is 15.2. The van der Waals surface area contributed by atoms with Gasteiger partial charge in [0.2, 0.25) is 6.10 Å². The molecule has 0 aliphatic carbocycles. The van der Waals surface area contributed by atoms with Crippen LogP contribution in [0.5, 0.6) is 0 Å². The van der Waals surface area contributed by atoms with Crippen molar-refractivity contribution in [3.63, 3.8) is 0 Å². The van der Waals surface area contributed by atoms with Gasteiger partial charge in [-0.15, -0.1) is 0 Å². The summed E-state index contributed by atoms with van der Waals surface area (Å²) in [4.78, 5) is 29.0. The third kappa shape index (κ3) is 5.81. The van der Waals surface area contributed by atoms with E-state index in [1.807, 2.05) is 48.9 Å². The average Bonchev–Trinajstić information content (AvgIpc) is 3.08. The van der Waals surface area contributed by atoms with Gasteiger partial charge in [0.1, 0.15) is 0 Å². The van der Waals surface area contributed by atoms with Crippen molar-refractivity contribution in [3.8, 4) is 0 Å². The summed E-state index contributed by atoms with van der Waals surface area (Å²) in [7, 11) is 0. The van der Waals surface area contributed by atoms with E-state index in [9.17, 15) is 9.59 Å². The van der Waals surface area contributed by atoms with Crippen LogP contribution < -0.4 is 11.1 Å². The van der Waals surface area contributed by atoms with E-state index in [-0.39, 0.29) is 17.5 Å². The second kappa shape index (κ2) is 9.91. The number of aryl methyl sites for hydroxylation is 2. The van der Waals surface area contributed by atoms with Crippen molar-refractivity contribution >= 4 is 23.2 Å². The van der Waals surface area contributed by atoms with Crippen LogP contribution in [0.25, 0.3) is 0 Å². The predicted molar refractivity (Wildman–Crippen MR) is 124 cm³/mol. The predicted octanol–water partition coefficient (Wildman–Crippen LogP) is 3.41. The maximum atomic E-state index is 12.3. The van der Waals surface area contributed by atoms with Gasteiger partial charge in [-0.3, -0.25) is 14.3 Å². The lowest BCUT2D eigenvalue weighted by molar-refractivity contribution is -0.126. The molecule has 0 bridgehead atoms. The number of nitrogens with one attached hydrogen (secondary N) is 1. The molecule has 0 saturated heterocycles. The maximum Gasteiger partial charge on any atom is 0.267 e. The number of hydrogen-bond acceptors (Lipinski definition) is 5. The summed E-state index contributed by atoms with van der Waals surface area (Å²) in [5.41, 5.74) is 11.0. The van der Waals surface area contributed by atoms with Crippen LogP contribution in [0.1, 0.15) is 46.7 Å². The fourth-order valence-electron chi connectivity index (χ4n) is 3.11. The van der Waals surface area contributed by atoms with Gasteiger partial charge in [-0.05, 0) is 69.7 Å². The van der Waals surface area contributed by atoms with Gasteiger partial charge in [-0.1, -0.05) is 23.4 Å². The van der Waals surface area contributed by atoms with Gasteiger partial charge < -0.3 is 15.9 Å². The van der Waals surface area contributed by atoms with Gasteiger partial charge >= 0.3 is 0 Å². The van der Waals surface area contributed by atoms with E-state index in [2.05, 4.69) is 15.6 Å². The number of carbonyl (C=O) groups is 2. The Morgan fingerprint density at radius 2 is 1.84 bits per heavy atom. The molecule has 0 aliphatic heterocycles. The molecule has 3 rings (SSSR count). The van der Waals surface area contributed by atoms with Gasteiger partial charge in [-0.25, -0.2) is 0 Å². The molecule has 32 heavy (non-hydrogen) atoms. The van der Waals surface area contributed by atoms with Crippen molar-refractivity contribution in [2.75, 3.05) is 5.32 Å². The first-order valence-electron chi connectivity index (χ1n) is 10.2. The zero-order chi connectivity index (χ0) is 23.3. The third-order valence-electron chi connectivity index (χ3n) is 4.90. The largest absolute Gasteiger partial charge is 0.381 e. The van der Waals surface area contributed by atoms with E-state index in [1.165, 1.54) is 6.92 Å². The Hall–Kier alpha value is -3.94. The molecule has 1 amide bonds. The van der Waals surface area contributed by atoms with Crippen LogP contribution in [0.2, 0.25) is 0 Å². The Morgan fingerprint density at radius 1 is 1.12 bits per heavy atom. The van der Waals surface area contributed by atoms with Crippen LogP contribution in [-0.4, -0.2) is 33.4 Å². The fourth-order valence-corrected chi connectivity index (χ4v) is 3.11.